The van der Waals surface area contributed by atoms with E-state index in [1.807, 2.05) is 60.4 Å². The number of hydrogen-bond acceptors (Lipinski definition) is 1. The molecule has 130 valence electrons. The Morgan fingerprint density at radius 3 is 2.35 bits per heavy atom. The molecule has 0 aliphatic carbocycles. The van der Waals surface area contributed by atoms with Gasteiger partial charge in [-0.3, -0.25) is 4.79 Å². The summed E-state index contributed by atoms with van der Waals surface area (Å²) in [6, 6.07) is 21.9. The molecule has 1 amide bonds. The third kappa shape index (κ3) is 2.80. The van der Waals surface area contributed by atoms with Crippen LogP contribution in [0.3, 0.4) is 0 Å². The number of rotatable bonds is 2. The van der Waals surface area contributed by atoms with Gasteiger partial charge in [-0.05, 0) is 42.2 Å². The zero-order valence-electron chi connectivity index (χ0n) is 14.7. The van der Waals surface area contributed by atoms with E-state index in [0.29, 0.717) is 17.7 Å². The lowest BCUT2D eigenvalue weighted by atomic mass is 9.87. The first-order valence-corrected chi connectivity index (χ1v) is 8.85. The summed E-state index contributed by atoms with van der Waals surface area (Å²) >= 11 is 0. The number of hydrogen-bond donors (Lipinski definition) is 0. The molecule has 2 nitrogen and oxygen atoms in total. The van der Waals surface area contributed by atoms with Crippen molar-refractivity contribution in [2.24, 2.45) is 0 Å². The number of halogens is 1. The standard InChI is InChI=1S/C23H20FNO/c1-16-8-2-4-10-18(16)23(26)25-15-14-17-9-3-5-11-19(17)22(25)20-12-6-7-13-21(20)24/h2-13,22H,14-15H2,1H3/t22-/m1/s1. The van der Waals surface area contributed by atoms with E-state index in [4.69, 9.17) is 0 Å². The Hall–Kier alpha value is -2.94. The molecule has 0 fully saturated rings. The number of nitrogens with zero attached hydrogens (tertiary/aromatic N) is 1. The molecule has 26 heavy (non-hydrogen) atoms. The Labute approximate surface area is 152 Å². The molecule has 0 saturated carbocycles. The fourth-order valence-corrected chi connectivity index (χ4v) is 3.79. The van der Waals surface area contributed by atoms with Gasteiger partial charge in [-0.1, -0.05) is 60.7 Å². The van der Waals surface area contributed by atoms with Gasteiger partial charge in [0, 0.05) is 17.7 Å². The predicted molar refractivity (Wildman–Crippen MR) is 101 cm³/mol. The van der Waals surface area contributed by atoms with Crippen molar-refractivity contribution in [2.75, 3.05) is 6.54 Å². The molecule has 1 aliphatic heterocycles. The summed E-state index contributed by atoms with van der Waals surface area (Å²) < 4.78 is 14.6. The van der Waals surface area contributed by atoms with Crippen molar-refractivity contribution in [3.63, 3.8) is 0 Å². The highest BCUT2D eigenvalue weighted by Crippen LogP contribution is 2.37. The van der Waals surface area contributed by atoms with Crippen molar-refractivity contribution in [1.82, 2.24) is 4.90 Å². The average Bonchev–Trinajstić information content (AvgIpc) is 2.67. The monoisotopic (exact) mass is 345 g/mol. The van der Waals surface area contributed by atoms with Crippen LogP contribution >= 0.6 is 0 Å². The predicted octanol–water partition coefficient (Wildman–Crippen LogP) is 4.92. The summed E-state index contributed by atoms with van der Waals surface area (Å²) in [6.07, 6.45) is 0.777. The van der Waals surface area contributed by atoms with E-state index in [1.165, 1.54) is 11.6 Å². The fourth-order valence-electron chi connectivity index (χ4n) is 3.79. The largest absolute Gasteiger partial charge is 0.327 e. The summed E-state index contributed by atoms with van der Waals surface area (Å²) in [7, 11) is 0. The molecule has 0 saturated heterocycles. The number of benzene rings is 3. The van der Waals surface area contributed by atoms with Crippen LogP contribution in [0.5, 0.6) is 0 Å². The SMILES string of the molecule is Cc1ccccc1C(=O)N1CCc2ccccc2[C@@H]1c1ccccc1F. The average molecular weight is 345 g/mol. The molecule has 3 aromatic carbocycles. The number of amides is 1. The maximum Gasteiger partial charge on any atom is 0.254 e. The van der Waals surface area contributed by atoms with Crippen molar-refractivity contribution in [2.45, 2.75) is 19.4 Å². The summed E-state index contributed by atoms with van der Waals surface area (Å²) in [5.41, 5.74) is 4.33. The third-order valence-electron chi connectivity index (χ3n) is 5.12. The Balaban J connectivity index is 1.85. The molecule has 4 rings (SSSR count). The first-order valence-electron chi connectivity index (χ1n) is 8.85. The number of fused-ring (bicyclic) bond motifs is 1. The van der Waals surface area contributed by atoms with Gasteiger partial charge in [0.05, 0.1) is 6.04 Å². The second-order valence-electron chi connectivity index (χ2n) is 6.69. The van der Waals surface area contributed by atoms with Crippen LogP contribution in [-0.4, -0.2) is 17.4 Å². The Morgan fingerprint density at radius 1 is 0.923 bits per heavy atom. The Bertz CT molecular complexity index is 966. The van der Waals surface area contributed by atoms with E-state index < -0.39 is 6.04 Å². The van der Waals surface area contributed by atoms with Crippen LogP contribution in [-0.2, 0) is 6.42 Å². The Kier molecular flexibility index (Phi) is 4.29. The fraction of sp³-hybridized carbons (Fsp3) is 0.174. The molecule has 0 radical (unpaired) electrons. The minimum absolute atomic E-state index is 0.0501. The molecule has 0 aromatic heterocycles. The first-order chi connectivity index (χ1) is 12.7. The van der Waals surface area contributed by atoms with Crippen molar-refractivity contribution in [3.05, 3.63) is 106 Å². The van der Waals surface area contributed by atoms with Gasteiger partial charge < -0.3 is 4.90 Å². The van der Waals surface area contributed by atoms with Crippen molar-refractivity contribution >= 4 is 5.91 Å². The lowest BCUT2D eigenvalue weighted by molar-refractivity contribution is 0.0691. The van der Waals surface area contributed by atoms with Gasteiger partial charge in [-0.15, -0.1) is 0 Å². The minimum Gasteiger partial charge on any atom is -0.327 e. The van der Waals surface area contributed by atoms with Gasteiger partial charge in [0.1, 0.15) is 5.82 Å². The van der Waals surface area contributed by atoms with E-state index in [-0.39, 0.29) is 11.7 Å². The van der Waals surface area contributed by atoms with E-state index in [9.17, 15) is 9.18 Å². The van der Waals surface area contributed by atoms with Crippen LogP contribution in [0.15, 0.2) is 72.8 Å². The van der Waals surface area contributed by atoms with Crippen LogP contribution in [0, 0.1) is 12.7 Å². The molecule has 1 atom stereocenters. The van der Waals surface area contributed by atoms with Crippen LogP contribution in [0.4, 0.5) is 4.39 Å². The van der Waals surface area contributed by atoms with Crippen molar-refractivity contribution < 1.29 is 9.18 Å². The van der Waals surface area contributed by atoms with Gasteiger partial charge in [0.15, 0.2) is 0 Å². The molecular formula is C23H20FNO. The second kappa shape index (κ2) is 6.75. The first kappa shape index (κ1) is 16.5. The molecule has 0 N–H and O–H groups in total. The highest BCUT2D eigenvalue weighted by molar-refractivity contribution is 5.96. The molecule has 1 heterocycles. The van der Waals surface area contributed by atoms with Gasteiger partial charge in [-0.25, -0.2) is 4.39 Å². The molecule has 3 heteroatoms. The van der Waals surface area contributed by atoms with Crippen LogP contribution < -0.4 is 0 Å². The second-order valence-corrected chi connectivity index (χ2v) is 6.69. The molecular weight excluding hydrogens is 325 g/mol. The number of carbonyl (C=O) groups excluding carboxylic acids is 1. The number of aryl methyl sites for hydroxylation is 1. The lowest BCUT2D eigenvalue weighted by Gasteiger charge is -2.38. The van der Waals surface area contributed by atoms with Crippen LogP contribution in [0.25, 0.3) is 0 Å². The highest BCUT2D eigenvalue weighted by Gasteiger charge is 2.34. The van der Waals surface area contributed by atoms with Gasteiger partial charge in [-0.2, -0.15) is 0 Å². The van der Waals surface area contributed by atoms with Gasteiger partial charge >= 0.3 is 0 Å². The van der Waals surface area contributed by atoms with E-state index in [1.54, 1.807) is 12.1 Å². The topological polar surface area (TPSA) is 20.3 Å². The summed E-state index contributed by atoms with van der Waals surface area (Å²) in [6.45, 7) is 2.51. The highest BCUT2D eigenvalue weighted by atomic mass is 19.1. The van der Waals surface area contributed by atoms with Crippen molar-refractivity contribution in [3.8, 4) is 0 Å². The smallest absolute Gasteiger partial charge is 0.254 e. The molecule has 1 aliphatic rings. The zero-order valence-corrected chi connectivity index (χ0v) is 14.7. The van der Waals surface area contributed by atoms with Crippen molar-refractivity contribution in [1.29, 1.82) is 0 Å². The van der Waals surface area contributed by atoms with Gasteiger partial charge in [0.2, 0.25) is 0 Å². The minimum atomic E-state index is -0.409. The number of carbonyl (C=O) groups is 1. The summed E-state index contributed by atoms with van der Waals surface area (Å²) in [5.74, 6) is -0.331. The molecule has 3 aromatic rings. The van der Waals surface area contributed by atoms with Gasteiger partial charge in [0.25, 0.3) is 5.91 Å². The molecule has 0 bridgehead atoms. The zero-order chi connectivity index (χ0) is 18.1. The van der Waals surface area contributed by atoms with Crippen LogP contribution in [0.1, 0.15) is 38.7 Å². The van der Waals surface area contributed by atoms with E-state index >= 15 is 0 Å². The normalized spacial score (nSPS) is 16.2. The Morgan fingerprint density at radius 2 is 1.58 bits per heavy atom. The van der Waals surface area contributed by atoms with E-state index in [0.717, 1.165) is 17.5 Å². The summed E-state index contributed by atoms with van der Waals surface area (Å²) in [4.78, 5) is 15.1. The van der Waals surface area contributed by atoms with E-state index in [2.05, 4.69) is 6.07 Å². The quantitative estimate of drug-likeness (QED) is 0.645. The molecule has 0 spiro atoms. The molecule has 0 unspecified atom stereocenters. The lowest BCUT2D eigenvalue weighted by Crippen LogP contribution is -2.41. The maximum atomic E-state index is 14.6. The maximum absolute atomic E-state index is 14.6. The summed E-state index contributed by atoms with van der Waals surface area (Å²) in [5, 5.41) is 0. The third-order valence-corrected chi connectivity index (χ3v) is 5.12. The van der Waals surface area contributed by atoms with Crippen LogP contribution in [0.2, 0.25) is 0 Å².